The number of methoxy groups -OCH3 is 1. The van der Waals surface area contributed by atoms with E-state index in [2.05, 4.69) is 4.98 Å². The van der Waals surface area contributed by atoms with Crippen LogP contribution in [0, 0.1) is 0 Å². The molecule has 0 aromatic carbocycles. The van der Waals surface area contributed by atoms with Crippen molar-refractivity contribution in [3.63, 3.8) is 0 Å². The highest BCUT2D eigenvalue weighted by atomic mass is 32.2. The normalized spacial score (nSPS) is 27.7. The van der Waals surface area contributed by atoms with E-state index >= 15 is 0 Å². The van der Waals surface area contributed by atoms with E-state index in [0.717, 1.165) is 0 Å². The molecule has 1 saturated heterocycles. The molecule has 8 heteroatoms. The van der Waals surface area contributed by atoms with Crippen LogP contribution in [0.5, 0.6) is 0 Å². The van der Waals surface area contributed by atoms with Gasteiger partial charge < -0.3 is 14.9 Å². The maximum Gasteiger partial charge on any atom is 0.329 e. The molecule has 1 aromatic heterocycles. The largest absolute Gasteiger partial charge is 0.395 e. The average Bonchev–Trinajstić information content (AvgIpc) is 2.79. The number of hydrogen-bond acceptors (Lipinski definition) is 6. The lowest BCUT2D eigenvalue weighted by Crippen LogP contribution is -2.33. The van der Waals surface area contributed by atoms with Gasteiger partial charge in [0.15, 0.2) is 0 Å². The number of aromatic amines is 1. The summed E-state index contributed by atoms with van der Waals surface area (Å²) < 4.78 is 6.49. The summed E-state index contributed by atoms with van der Waals surface area (Å²) in [7, 11) is 1.48. The zero-order valence-electron chi connectivity index (χ0n) is 11.3. The minimum Gasteiger partial charge on any atom is -0.395 e. The van der Waals surface area contributed by atoms with Crippen molar-refractivity contribution in [1.82, 2.24) is 9.55 Å². The lowest BCUT2D eigenvalue weighted by molar-refractivity contribution is 0.117. The van der Waals surface area contributed by atoms with Crippen LogP contribution in [0.4, 0.5) is 0 Å². The summed E-state index contributed by atoms with van der Waals surface area (Å²) in [5, 5.41) is 18.3. The number of aliphatic hydroxyl groups excluding tert-OH is 2. The van der Waals surface area contributed by atoms with Gasteiger partial charge in [-0.1, -0.05) is 0 Å². The molecule has 4 atom stereocenters. The summed E-state index contributed by atoms with van der Waals surface area (Å²) in [6.45, 7) is 1.56. The van der Waals surface area contributed by atoms with E-state index in [0.29, 0.717) is 12.0 Å². The monoisotopic (exact) mass is 302 g/mol. The Morgan fingerprint density at radius 3 is 2.85 bits per heavy atom. The summed E-state index contributed by atoms with van der Waals surface area (Å²) in [6, 6.07) is 0. The highest BCUT2D eigenvalue weighted by molar-refractivity contribution is 8.00. The van der Waals surface area contributed by atoms with E-state index in [-0.39, 0.29) is 17.2 Å². The molecule has 0 bridgehead atoms. The number of rotatable bonds is 4. The van der Waals surface area contributed by atoms with Crippen molar-refractivity contribution < 1.29 is 14.9 Å². The lowest BCUT2D eigenvalue weighted by atomic mass is 10.2. The van der Waals surface area contributed by atoms with Gasteiger partial charge in [-0.05, 0) is 6.92 Å². The second-order valence-electron chi connectivity index (χ2n) is 4.74. The van der Waals surface area contributed by atoms with Gasteiger partial charge in [0.25, 0.3) is 5.56 Å². The molecule has 1 aliphatic heterocycles. The van der Waals surface area contributed by atoms with Crippen LogP contribution in [0.25, 0.3) is 0 Å². The van der Waals surface area contributed by atoms with Gasteiger partial charge in [-0.15, -0.1) is 11.8 Å². The molecule has 7 nitrogen and oxygen atoms in total. The van der Waals surface area contributed by atoms with Crippen LogP contribution in [0.1, 0.15) is 30.4 Å². The van der Waals surface area contributed by atoms with Gasteiger partial charge in [0.05, 0.1) is 35.0 Å². The zero-order valence-corrected chi connectivity index (χ0v) is 12.1. The van der Waals surface area contributed by atoms with Gasteiger partial charge in [-0.3, -0.25) is 14.3 Å². The number of aromatic nitrogens is 2. The van der Waals surface area contributed by atoms with Gasteiger partial charge in [0.1, 0.15) is 0 Å². The number of hydrogen-bond donors (Lipinski definition) is 3. The topological polar surface area (TPSA) is 105 Å². The molecule has 1 unspecified atom stereocenters. The van der Waals surface area contributed by atoms with Crippen LogP contribution in [-0.4, -0.2) is 44.8 Å². The number of ether oxygens (including phenoxy) is 1. The molecular formula is C12H18N2O5S. The Morgan fingerprint density at radius 1 is 1.60 bits per heavy atom. The first-order valence-electron chi connectivity index (χ1n) is 6.30. The Kier molecular flexibility index (Phi) is 4.69. The molecular weight excluding hydrogens is 284 g/mol. The summed E-state index contributed by atoms with van der Waals surface area (Å²) in [5.41, 5.74) is -0.636. The van der Waals surface area contributed by atoms with Crippen molar-refractivity contribution >= 4 is 11.8 Å². The third-order valence-corrected chi connectivity index (χ3v) is 5.03. The minimum atomic E-state index is -0.669. The van der Waals surface area contributed by atoms with Gasteiger partial charge in [0, 0.05) is 19.7 Å². The second kappa shape index (κ2) is 6.13. The fourth-order valence-electron chi connectivity index (χ4n) is 2.18. The molecule has 0 aliphatic carbocycles. The fourth-order valence-corrected chi connectivity index (χ4v) is 3.56. The van der Waals surface area contributed by atoms with Crippen molar-refractivity contribution in [2.24, 2.45) is 0 Å². The van der Waals surface area contributed by atoms with Crippen LogP contribution in [0.15, 0.2) is 15.8 Å². The Balaban J connectivity index is 2.38. The van der Waals surface area contributed by atoms with E-state index in [1.54, 1.807) is 6.92 Å². The minimum absolute atomic E-state index is 0.151. The predicted molar refractivity (Wildman–Crippen MR) is 74.9 cm³/mol. The van der Waals surface area contributed by atoms with Crippen molar-refractivity contribution in [3.05, 3.63) is 32.6 Å². The highest BCUT2D eigenvalue weighted by Crippen LogP contribution is 2.40. The zero-order chi connectivity index (χ0) is 14.9. The van der Waals surface area contributed by atoms with Crippen LogP contribution >= 0.6 is 11.8 Å². The molecule has 1 fully saturated rings. The Bertz CT molecular complexity index is 584. The van der Waals surface area contributed by atoms with Gasteiger partial charge in [0.2, 0.25) is 0 Å². The standard InChI is InChI=1S/C12H18N2O5S/c1-6(19-2)7-4-14(12(18)13-11(7)17)10-3-8(16)9(5-15)20-10/h4,6,8-10,15-16H,3,5H2,1-2H3,(H,13,17,18)/t6?,8-,9+,10-/m0/s1. The average molecular weight is 302 g/mol. The number of H-pyrrole nitrogens is 1. The SMILES string of the molecule is COC(C)c1cn([C@@H]2C[C@H](O)[C@@H](CO)S2)c(=O)[nH]c1=O. The smallest absolute Gasteiger partial charge is 0.329 e. The quantitative estimate of drug-likeness (QED) is 0.699. The summed E-state index contributed by atoms with van der Waals surface area (Å²) in [6.07, 6.45) is 0.718. The van der Waals surface area contributed by atoms with Gasteiger partial charge in [-0.2, -0.15) is 0 Å². The molecule has 1 aliphatic rings. The first-order valence-corrected chi connectivity index (χ1v) is 7.24. The fraction of sp³-hybridized carbons (Fsp3) is 0.667. The molecule has 2 rings (SSSR count). The van der Waals surface area contributed by atoms with Crippen molar-refractivity contribution in [2.75, 3.05) is 13.7 Å². The van der Waals surface area contributed by atoms with Gasteiger partial charge >= 0.3 is 5.69 Å². The molecule has 20 heavy (non-hydrogen) atoms. The van der Waals surface area contributed by atoms with E-state index in [1.807, 2.05) is 0 Å². The third kappa shape index (κ3) is 2.83. The van der Waals surface area contributed by atoms with Crippen LogP contribution in [0.2, 0.25) is 0 Å². The second-order valence-corrected chi connectivity index (χ2v) is 6.17. The highest BCUT2D eigenvalue weighted by Gasteiger charge is 2.35. The number of nitrogens with zero attached hydrogens (tertiary/aromatic N) is 1. The molecule has 0 saturated carbocycles. The summed E-state index contributed by atoms with van der Waals surface area (Å²) >= 11 is 1.32. The number of aliphatic hydroxyl groups is 2. The first kappa shape index (κ1) is 15.3. The van der Waals surface area contributed by atoms with E-state index in [9.17, 15) is 14.7 Å². The molecule has 0 spiro atoms. The number of thioether (sulfide) groups is 1. The third-order valence-electron chi connectivity index (χ3n) is 3.48. The van der Waals surface area contributed by atoms with Crippen molar-refractivity contribution in [3.8, 4) is 0 Å². The van der Waals surface area contributed by atoms with Crippen LogP contribution in [0.3, 0.4) is 0 Å². The summed E-state index contributed by atoms with van der Waals surface area (Å²) in [4.78, 5) is 25.9. The maximum absolute atomic E-state index is 11.9. The Labute approximate surface area is 119 Å². The van der Waals surface area contributed by atoms with Gasteiger partial charge in [-0.25, -0.2) is 4.79 Å². The summed E-state index contributed by atoms with van der Waals surface area (Å²) in [5.74, 6) is 0. The molecule has 2 heterocycles. The lowest BCUT2D eigenvalue weighted by Gasteiger charge is -2.16. The maximum atomic E-state index is 11.9. The molecule has 0 radical (unpaired) electrons. The molecule has 112 valence electrons. The van der Waals surface area contributed by atoms with Crippen molar-refractivity contribution in [2.45, 2.75) is 36.2 Å². The predicted octanol–water partition coefficient (Wildman–Crippen LogP) is -0.399. The van der Waals surface area contributed by atoms with Crippen LogP contribution in [-0.2, 0) is 4.74 Å². The Hall–Kier alpha value is -1.09. The molecule has 3 N–H and O–H groups in total. The number of nitrogens with one attached hydrogen (secondary N) is 1. The van der Waals surface area contributed by atoms with E-state index in [4.69, 9.17) is 9.84 Å². The van der Waals surface area contributed by atoms with Crippen LogP contribution < -0.4 is 11.2 Å². The van der Waals surface area contributed by atoms with E-state index < -0.39 is 23.5 Å². The van der Waals surface area contributed by atoms with E-state index in [1.165, 1.54) is 29.6 Å². The first-order chi connectivity index (χ1) is 9.47. The molecule has 1 aromatic rings. The Morgan fingerprint density at radius 2 is 2.30 bits per heavy atom. The van der Waals surface area contributed by atoms with Crippen molar-refractivity contribution in [1.29, 1.82) is 0 Å². The molecule has 0 amide bonds.